The van der Waals surface area contributed by atoms with Gasteiger partial charge in [-0.3, -0.25) is 0 Å². The molecule has 0 spiro atoms. The van der Waals surface area contributed by atoms with Gasteiger partial charge in [-0.2, -0.15) is 5.26 Å². The predicted octanol–water partition coefficient (Wildman–Crippen LogP) is 1.49. The number of hydrogen-bond donors (Lipinski definition) is 2. The SMILES string of the molecule is CCNC(C#N)CCOc1ccccc1CCO. The topological polar surface area (TPSA) is 65.3 Å². The number of ether oxygens (including phenoxy) is 1. The van der Waals surface area contributed by atoms with E-state index in [-0.39, 0.29) is 12.6 Å². The van der Waals surface area contributed by atoms with Crippen LogP contribution in [0.5, 0.6) is 5.75 Å². The van der Waals surface area contributed by atoms with Gasteiger partial charge in [-0.05, 0) is 24.6 Å². The summed E-state index contributed by atoms with van der Waals surface area (Å²) >= 11 is 0. The molecule has 0 aliphatic heterocycles. The van der Waals surface area contributed by atoms with Crippen molar-refractivity contribution in [3.05, 3.63) is 29.8 Å². The molecule has 0 fully saturated rings. The second-order valence-corrected chi connectivity index (χ2v) is 3.96. The van der Waals surface area contributed by atoms with E-state index in [4.69, 9.17) is 15.1 Å². The van der Waals surface area contributed by atoms with Crippen molar-refractivity contribution in [3.8, 4) is 11.8 Å². The summed E-state index contributed by atoms with van der Waals surface area (Å²) in [6.45, 7) is 3.35. The van der Waals surface area contributed by atoms with Crippen LogP contribution in [0.25, 0.3) is 0 Å². The van der Waals surface area contributed by atoms with E-state index >= 15 is 0 Å². The Morgan fingerprint density at radius 1 is 1.44 bits per heavy atom. The van der Waals surface area contributed by atoms with Gasteiger partial charge in [0.05, 0.1) is 18.7 Å². The second-order valence-electron chi connectivity index (χ2n) is 3.96. The predicted molar refractivity (Wildman–Crippen MR) is 70.4 cm³/mol. The molecule has 1 atom stereocenters. The van der Waals surface area contributed by atoms with Crippen molar-refractivity contribution < 1.29 is 9.84 Å². The lowest BCUT2D eigenvalue weighted by Crippen LogP contribution is -2.28. The summed E-state index contributed by atoms with van der Waals surface area (Å²) in [5.41, 5.74) is 0.997. The summed E-state index contributed by atoms with van der Waals surface area (Å²) in [7, 11) is 0. The maximum absolute atomic E-state index is 8.96. The quantitative estimate of drug-likeness (QED) is 0.731. The van der Waals surface area contributed by atoms with Crippen molar-refractivity contribution in [2.24, 2.45) is 0 Å². The first kappa shape index (κ1) is 14.5. The Hall–Kier alpha value is -1.57. The molecule has 0 amide bonds. The van der Waals surface area contributed by atoms with Gasteiger partial charge in [-0.1, -0.05) is 25.1 Å². The van der Waals surface area contributed by atoms with Gasteiger partial charge in [0.25, 0.3) is 0 Å². The number of benzene rings is 1. The molecule has 2 N–H and O–H groups in total. The van der Waals surface area contributed by atoms with Gasteiger partial charge >= 0.3 is 0 Å². The Labute approximate surface area is 108 Å². The van der Waals surface area contributed by atoms with E-state index < -0.39 is 0 Å². The highest BCUT2D eigenvalue weighted by Gasteiger charge is 2.07. The van der Waals surface area contributed by atoms with Crippen LogP contribution in [0, 0.1) is 11.3 Å². The molecule has 0 aliphatic carbocycles. The molecule has 1 rings (SSSR count). The van der Waals surface area contributed by atoms with Crippen molar-refractivity contribution in [1.82, 2.24) is 5.32 Å². The van der Waals surface area contributed by atoms with Crippen LogP contribution >= 0.6 is 0 Å². The van der Waals surface area contributed by atoms with Crippen LogP contribution in [-0.4, -0.2) is 30.9 Å². The van der Waals surface area contributed by atoms with Crippen LogP contribution in [0.2, 0.25) is 0 Å². The fourth-order valence-electron chi connectivity index (χ4n) is 1.72. The fourth-order valence-corrected chi connectivity index (χ4v) is 1.72. The summed E-state index contributed by atoms with van der Waals surface area (Å²) in [5.74, 6) is 0.791. The second kappa shape index (κ2) is 8.51. The highest BCUT2D eigenvalue weighted by molar-refractivity contribution is 5.33. The highest BCUT2D eigenvalue weighted by atomic mass is 16.5. The number of aliphatic hydroxyl groups is 1. The average molecular weight is 248 g/mol. The molecule has 4 heteroatoms. The van der Waals surface area contributed by atoms with Gasteiger partial charge in [0.1, 0.15) is 5.75 Å². The minimum Gasteiger partial charge on any atom is -0.493 e. The number of nitrogens with one attached hydrogen (secondary N) is 1. The number of hydrogen-bond acceptors (Lipinski definition) is 4. The van der Waals surface area contributed by atoms with Crippen LogP contribution in [-0.2, 0) is 6.42 Å². The highest BCUT2D eigenvalue weighted by Crippen LogP contribution is 2.18. The maximum atomic E-state index is 8.96. The van der Waals surface area contributed by atoms with Crippen LogP contribution < -0.4 is 10.1 Å². The number of aliphatic hydroxyl groups excluding tert-OH is 1. The van der Waals surface area contributed by atoms with Crippen molar-refractivity contribution in [2.75, 3.05) is 19.8 Å². The van der Waals surface area contributed by atoms with Crippen LogP contribution in [0.1, 0.15) is 18.9 Å². The molecule has 98 valence electrons. The lowest BCUT2D eigenvalue weighted by Gasteiger charge is -2.13. The van der Waals surface area contributed by atoms with Crippen molar-refractivity contribution >= 4 is 0 Å². The number of nitrogens with zero attached hydrogens (tertiary/aromatic N) is 1. The Bertz CT molecular complexity index is 388. The van der Waals surface area contributed by atoms with Crippen LogP contribution in [0.3, 0.4) is 0 Å². The van der Waals surface area contributed by atoms with Crippen LogP contribution in [0.15, 0.2) is 24.3 Å². The summed E-state index contributed by atoms with van der Waals surface area (Å²) < 4.78 is 5.67. The van der Waals surface area contributed by atoms with E-state index in [9.17, 15) is 0 Å². The third-order valence-electron chi connectivity index (χ3n) is 2.62. The fraction of sp³-hybridized carbons (Fsp3) is 0.500. The van der Waals surface area contributed by atoms with E-state index in [1.807, 2.05) is 31.2 Å². The molecule has 0 aliphatic rings. The third kappa shape index (κ3) is 4.74. The molecule has 4 nitrogen and oxygen atoms in total. The van der Waals surface area contributed by atoms with E-state index in [1.165, 1.54) is 0 Å². The Morgan fingerprint density at radius 3 is 2.89 bits per heavy atom. The summed E-state index contributed by atoms with van der Waals surface area (Å²) in [6.07, 6.45) is 1.24. The number of nitriles is 1. The van der Waals surface area contributed by atoms with Gasteiger partial charge < -0.3 is 15.2 Å². The Morgan fingerprint density at radius 2 is 2.22 bits per heavy atom. The van der Waals surface area contributed by atoms with E-state index in [1.54, 1.807) is 0 Å². The summed E-state index contributed by atoms with van der Waals surface area (Å²) in [4.78, 5) is 0. The Kier molecular flexibility index (Phi) is 6.85. The molecule has 0 radical (unpaired) electrons. The van der Waals surface area contributed by atoms with Crippen molar-refractivity contribution in [1.29, 1.82) is 5.26 Å². The molecule has 1 aromatic carbocycles. The van der Waals surface area contributed by atoms with E-state index in [0.717, 1.165) is 17.9 Å². The molecule has 1 aromatic rings. The van der Waals surface area contributed by atoms with Gasteiger partial charge in [0, 0.05) is 13.0 Å². The maximum Gasteiger partial charge on any atom is 0.122 e. The van der Waals surface area contributed by atoms with Crippen LogP contribution in [0.4, 0.5) is 0 Å². The smallest absolute Gasteiger partial charge is 0.122 e. The van der Waals surface area contributed by atoms with Crippen molar-refractivity contribution in [2.45, 2.75) is 25.8 Å². The first-order valence-electron chi connectivity index (χ1n) is 6.26. The molecule has 1 unspecified atom stereocenters. The van der Waals surface area contributed by atoms with Gasteiger partial charge in [-0.25, -0.2) is 0 Å². The van der Waals surface area contributed by atoms with E-state index in [2.05, 4.69) is 11.4 Å². The molecule has 0 heterocycles. The molecule has 0 bridgehead atoms. The lowest BCUT2D eigenvalue weighted by atomic mass is 10.1. The van der Waals surface area contributed by atoms with Gasteiger partial charge in [-0.15, -0.1) is 0 Å². The zero-order chi connectivity index (χ0) is 13.2. The first-order chi connectivity index (χ1) is 8.81. The van der Waals surface area contributed by atoms with E-state index in [0.29, 0.717) is 19.4 Å². The summed E-state index contributed by atoms with van der Waals surface area (Å²) in [5, 5.41) is 20.9. The minimum absolute atomic E-state index is 0.110. The van der Waals surface area contributed by atoms with Crippen molar-refractivity contribution in [3.63, 3.8) is 0 Å². The number of para-hydroxylation sites is 1. The molecule has 0 saturated carbocycles. The standard InChI is InChI=1S/C14H20N2O2/c1-2-16-13(11-15)8-10-18-14-6-4-3-5-12(14)7-9-17/h3-6,13,16-17H,2,7-10H2,1H3. The lowest BCUT2D eigenvalue weighted by molar-refractivity contribution is 0.281. The number of rotatable bonds is 8. The monoisotopic (exact) mass is 248 g/mol. The third-order valence-corrected chi connectivity index (χ3v) is 2.62. The first-order valence-corrected chi connectivity index (χ1v) is 6.26. The molecular formula is C14H20N2O2. The molecule has 18 heavy (non-hydrogen) atoms. The van der Waals surface area contributed by atoms with Gasteiger partial charge in [0.15, 0.2) is 0 Å². The molecule has 0 aromatic heterocycles. The normalized spacial score (nSPS) is 11.8. The largest absolute Gasteiger partial charge is 0.493 e. The minimum atomic E-state index is -0.167. The molecular weight excluding hydrogens is 228 g/mol. The molecule has 0 saturated heterocycles. The zero-order valence-electron chi connectivity index (χ0n) is 10.7. The Balaban J connectivity index is 2.45. The zero-order valence-corrected chi connectivity index (χ0v) is 10.7. The summed E-state index contributed by atoms with van der Waals surface area (Å²) in [6, 6.07) is 9.69. The average Bonchev–Trinajstić information content (AvgIpc) is 2.40. The van der Waals surface area contributed by atoms with Gasteiger partial charge in [0.2, 0.25) is 0 Å².